The number of esters is 1. The van der Waals surface area contributed by atoms with E-state index in [9.17, 15) is 4.79 Å². The van der Waals surface area contributed by atoms with Gasteiger partial charge in [-0.3, -0.25) is 4.99 Å². The van der Waals surface area contributed by atoms with Gasteiger partial charge in [-0.1, -0.05) is 65.7 Å². The van der Waals surface area contributed by atoms with Crippen LogP contribution in [-0.4, -0.2) is 12.2 Å². The van der Waals surface area contributed by atoms with Crippen molar-refractivity contribution < 1.29 is 9.53 Å². The molecule has 0 saturated heterocycles. The van der Waals surface area contributed by atoms with Crippen LogP contribution in [0, 0.1) is 0 Å². The van der Waals surface area contributed by atoms with Crippen molar-refractivity contribution in [2.24, 2.45) is 4.99 Å². The number of hydrogen-bond donors (Lipinski definition) is 0. The minimum Gasteiger partial charge on any atom is -0.422 e. The second kappa shape index (κ2) is 8.15. The molecule has 138 valence electrons. The fourth-order valence-corrected chi connectivity index (χ4v) is 4.23. The first-order valence-corrected chi connectivity index (χ1v) is 9.97. The van der Waals surface area contributed by atoms with Crippen LogP contribution in [0.3, 0.4) is 0 Å². The van der Waals surface area contributed by atoms with Gasteiger partial charge in [0.25, 0.3) is 0 Å². The van der Waals surface area contributed by atoms with Crippen molar-refractivity contribution in [3.63, 3.8) is 0 Å². The molecule has 1 aromatic heterocycles. The van der Waals surface area contributed by atoms with E-state index in [0.29, 0.717) is 26.4 Å². The molecule has 28 heavy (non-hydrogen) atoms. The first kappa shape index (κ1) is 18.7. The summed E-state index contributed by atoms with van der Waals surface area (Å²) in [5.41, 5.74) is 1.45. The third-order valence-electron chi connectivity index (χ3n) is 3.99. The van der Waals surface area contributed by atoms with Gasteiger partial charge in [0.05, 0.1) is 15.7 Å². The quantitative estimate of drug-likeness (QED) is 0.197. The Labute approximate surface area is 175 Å². The Bertz CT molecular complexity index is 1200. The van der Waals surface area contributed by atoms with Gasteiger partial charge in [-0.25, -0.2) is 4.79 Å². The van der Waals surface area contributed by atoms with E-state index in [1.807, 2.05) is 48.5 Å². The van der Waals surface area contributed by atoms with E-state index in [1.165, 1.54) is 11.3 Å². The highest BCUT2D eigenvalue weighted by Gasteiger charge is 2.18. The number of thiophene rings is 1. The molecule has 0 spiro atoms. The number of carbonyl (C=O) groups excluding carboxylic acids is 1. The number of rotatable bonds is 4. The van der Waals surface area contributed by atoms with Crippen LogP contribution in [0.1, 0.15) is 15.2 Å². The van der Waals surface area contributed by atoms with Gasteiger partial charge in [0.2, 0.25) is 0 Å². The molecule has 0 aliphatic heterocycles. The van der Waals surface area contributed by atoms with Gasteiger partial charge in [0, 0.05) is 16.3 Å². The SMILES string of the molecule is O=C(Oc1cccc(C=Nc2ccccc2Cl)c1)c1sc2ccccc2c1Cl. The number of benzene rings is 3. The van der Waals surface area contributed by atoms with E-state index < -0.39 is 5.97 Å². The Balaban J connectivity index is 1.55. The van der Waals surface area contributed by atoms with Crippen LogP contribution in [-0.2, 0) is 0 Å². The molecule has 0 unspecified atom stereocenters. The molecule has 4 aromatic rings. The number of halogens is 2. The van der Waals surface area contributed by atoms with Crippen molar-refractivity contribution in [3.8, 4) is 5.75 Å². The molecule has 0 bridgehead atoms. The van der Waals surface area contributed by atoms with E-state index in [4.69, 9.17) is 27.9 Å². The van der Waals surface area contributed by atoms with Crippen molar-refractivity contribution in [3.05, 3.63) is 93.3 Å². The molecule has 3 nitrogen and oxygen atoms in total. The van der Waals surface area contributed by atoms with Crippen molar-refractivity contribution in [1.29, 1.82) is 0 Å². The number of fused-ring (bicyclic) bond motifs is 1. The molecule has 0 atom stereocenters. The summed E-state index contributed by atoms with van der Waals surface area (Å²) >= 11 is 13.8. The van der Waals surface area contributed by atoms with Crippen LogP contribution in [0.5, 0.6) is 5.75 Å². The van der Waals surface area contributed by atoms with Gasteiger partial charge in [-0.05, 0) is 35.9 Å². The molecule has 0 aliphatic carbocycles. The summed E-state index contributed by atoms with van der Waals surface area (Å²) in [7, 11) is 0. The van der Waals surface area contributed by atoms with E-state index >= 15 is 0 Å². The fourth-order valence-electron chi connectivity index (χ4n) is 2.66. The molecule has 0 fully saturated rings. The van der Waals surface area contributed by atoms with E-state index in [2.05, 4.69) is 4.99 Å². The number of aliphatic imine (C=N–C) groups is 1. The van der Waals surface area contributed by atoms with Crippen LogP contribution < -0.4 is 4.74 Å². The summed E-state index contributed by atoms with van der Waals surface area (Å²) in [6.07, 6.45) is 1.67. The predicted octanol–water partition coefficient (Wildman–Crippen LogP) is 7.18. The third-order valence-corrected chi connectivity index (χ3v) is 5.97. The van der Waals surface area contributed by atoms with Crippen molar-refractivity contribution in [1.82, 2.24) is 0 Å². The summed E-state index contributed by atoms with van der Waals surface area (Å²) < 4.78 is 6.47. The molecule has 0 N–H and O–H groups in total. The summed E-state index contributed by atoms with van der Waals surface area (Å²) in [5, 5.41) is 1.84. The highest BCUT2D eigenvalue weighted by molar-refractivity contribution is 7.21. The second-order valence-electron chi connectivity index (χ2n) is 5.91. The largest absolute Gasteiger partial charge is 0.422 e. The fraction of sp³-hybridized carbons (Fsp3) is 0. The van der Waals surface area contributed by atoms with Gasteiger partial charge in [0.1, 0.15) is 10.6 Å². The molecule has 4 rings (SSSR count). The topological polar surface area (TPSA) is 38.7 Å². The smallest absolute Gasteiger partial charge is 0.355 e. The van der Waals surface area contributed by atoms with Crippen molar-refractivity contribution in [2.45, 2.75) is 0 Å². The molecule has 0 radical (unpaired) electrons. The molecule has 0 aliphatic rings. The summed E-state index contributed by atoms with van der Waals surface area (Å²) in [6.45, 7) is 0. The average molecular weight is 426 g/mol. The predicted molar refractivity (Wildman–Crippen MR) is 117 cm³/mol. The standard InChI is InChI=1S/C22H13Cl2NO2S/c23-17-9-2-3-10-18(17)25-13-14-6-5-7-15(12-14)27-22(26)21-20(24)16-8-1-4-11-19(16)28-21/h1-13H. The number of carbonyl (C=O) groups is 1. The number of ether oxygens (including phenoxy) is 1. The van der Waals surface area contributed by atoms with Crippen LogP contribution in [0.2, 0.25) is 10.0 Å². The average Bonchev–Trinajstić information content (AvgIpc) is 3.05. The highest BCUT2D eigenvalue weighted by Crippen LogP contribution is 2.35. The molecule has 0 amide bonds. The highest BCUT2D eigenvalue weighted by atomic mass is 35.5. The zero-order valence-electron chi connectivity index (χ0n) is 14.4. The Morgan fingerprint density at radius 1 is 0.964 bits per heavy atom. The van der Waals surface area contributed by atoms with Gasteiger partial charge in [0.15, 0.2) is 0 Å². The van der Waals surface area contributed by atoms with E-state index in [0.717, 1.165) is 15.6 Å². The monoisotopic (exact) mass is 425 g/mol. The zero-order chi connectivity index (χ0) is 19.5. The molecule has 0 saturated carbocycles. The maximum atomic E-state index is 12.6. The normalized spacial score (nSPS) is 11.2. The maximum Gasteiger partial charge on any atom is 0.355 e. The minimum atomic E-state index is -0.480. The Kier molecular flexibility index (Phi) is 5.44. The first-order chi connectivity index (χ1) is 13.6. The van der Waals surface area contributed by atoms with Gasteiger partial charge < -0.3 is 4.74 Å². The minimum absolute atomic E-state index is 0.387. The second-order valence-corrected chi connectivity index (χ2v) is 7.75. The lowest BCUT2D eigenvalue weighted by Gasteiger charge is -2.04. The summed E-state index contributed by atoms with van der Waals surface area (Å²) in [4.78, 5) is 17.4. The van der Waals surface area contributed by atoms with Crippen molar-refractivity contribution in [2.75, 3.05) is 0 Å². The van der Waals surface area contributed by atoms with Crippen LogP contribution in [0.25, 0.3) is 10.1 Å². The van der Waals surface area contributed by atoms with Crippen LogP contribution >= 0.6 is 34.5 Å². The summed E-state index contributed by atoms with van der Waals surface area (Å²) in [5.74, 6) is -0.0620. The van der Waals surface area contributed by atoms with E-state index in [-0.39, 0.29) is 0 Å². The van der Waals surface area contributed by atoms with Gasteiger partial charge in [-0.15, -0.1) is 11.3 Å². The number of para-hydroxylation sites is 1. The molecule has 3 aromatic carbocycles. The lowest BCUT2D eigenvalue weighted by atomic mass is 10.2. The van der Waals surface area contributed by atoms with Gasteiger partial charge in [-0.2, -0.15) is 0 Å². The van der Waals surface area contributed by atoms with Crippen molar-refractivity contribution >= 4 is 62.5 Å². The van der Waals surface area contributed by atoms with E-state index in [1.54, 1.807) is 30.5 Å². The third kappa shape index (κ3) is 3.94. The lowest BCUT2D eigenvalue weighted by Crippen LogP contribution is -2.07. The molecule has 1 heterocycles. The van der Waals surface area contributed by atoms with Crippen LogP contribution in [0.15, 0.2) is 77.8 Å². The lowest BCUT2D eigenvalue weighted by molar-refractivity contribution is 0.0740. The molecule has 6 heteroatoms. The maximum absolute atomic E-state index is 12.6. The number of nitrogens with zero attached hydrogens (tertiary/aromatic N) is 1. The Morgan fingerprint density at radius 3 is 2.57 bits per heavy atom. The first-order valence-electron chi connectivity index (χ1n) is 8.40. The number of hydrogen-bond acceptors (Lipinski definition) is 4. The zero-order valence-corrected chi connectivity index (χ0v) is 16.8. The molecular weight excluding hydrogens is 413 g/mol. The Hall–Kier alpha value is -2.66. The Morgan fingerprint density at radius 2 is 1.75 bits per heavy atom. The molecular formula is C22H13Cl2NO2S. The van der Waals surface area contributed by atoms with Gasteiger partial charge >= 0.3 is 5.97 Å². The van der Waals surface area contributed by atoms with Crippen LogP contribution in [0.4, 0.5) is 5.69 Å². The summed E-state index contributed by atoms with van der Waals surface area (Å²) in [6, 6.07) is 22.0.